The van der Waals surface area contributed by atoms with Crippen molar-refractivity contribution in [3.05, 3.63) is 41.0 Å². The van der Waals surface area contributed by atoms with Gasteiger partial charge in [-0.05, 0) is 55.0 Å². The van der Waals surface area contributed by atoms with Gasteiger partial charge >= 0.3 is 0 Å². The van der Waals surface area contributed by atoms with Crippen LogP contribution in [-0.4, -0.2) is 36.9 Å². The fraction of sp³-hybridized carbons (Fsp3) is 0.429. The Morgan fingerprint density at radius 2 is 1.45 bits per heavy atom. The lowest BCUT2D eigenvalue weighted by Crippen LogP contribution is -2.24. The van der Waals surface area contributed by atoms with Gasteiger partial charge in [-0.15, -0.1) is 0 Å². The van der Waals surface area contributed by atoms with Crippen molar-refractivity contribution in [1.82, 2.24) is 4.72 Å². The van der Waals surface area contributed by atoms with E-state index in [0.717, 1.165) is 36.8 Å². The molecular formula is C21H27NO6S. The zero-order valence-corrected chi connectivity index (χ0v) is 18.0. The third-order valence-electron chi connectivity index (χ3n) is 5.16. The third kappa shape index (κ3) is 4.28. The number of sulfonamides is 1. The second-order valence-corrected chi connectivity index (χ2v) is 8.53. The van der Waals surface area contributed by atoms with Gasteiger partial charge in [0.2, 0.25) is 15.8 Å². The van der Waals surface area contributed by atoms with E-state index in [0.29, 0.717) is 28.6 Å². The van der Waals surface area contributed by atoms with Gasteiger partial charge in [0.15, 0.2) is 11.5 Å². The number of nitrogens with one attached hydrogen (secondary N) is 1. The van der Waals surface area contributed by atoms with Gasteiger partial charge in [-0.1, -0.05) is 6.07 Å². The molecule has 0 bridgehead atoms. The second kappa shape index (κ2) is 8.92. The highest BCUT2D eigenvalue weighted by Crippen LogP contribution is 2.40. The molecule has 0 radical (unpaired) electrons. The Balaban J connectivity index is 1.91. The van der Waals surface area contributed by atoms with Gasteiger partial charge in [0.25, 0.3) is 0 Å². The molecule has 0 heterocycles. The smallest absolute Gasteiger partial charge is 0.244 e. The highest BCUT2D eigenvalue weighted by molar-refractivity contribution is 7.89. The van der Waals surface area contributed by atoms with Gasteiger partial charge in [-0.3, -0.25) is 0 Å². The Morgan fingerprint density at radius 3 is 2.03 bits per heavy atom. The van der Waals surface area contributed by atoms with Crippen LogP contribution < -0.4 is 23.7 Å². The van der Waals surface area contributed by atoms with Crippen molar-refractivity contribution < 1.29 is 27.4 Å². The van der Waals surface area contributed by atoms with Gasteiger partial charge in [0, 0.05) is 12.1 Å². The largest absolute Gasteiger partial charge is 0.495 e. The van der Waals surface area contributed by atoms with Crippen molar-refractivity contribution in [1.29, 1.82) is 0 Å². The molecule has 0 saturated carbocycles. The number of methoxy groups -OCH3 is 4. The molecule has 0 aliphatic heterocycles. The molecule has 158 valence electrons. The van der Waals surface area contributed by atoms with Crippen LogP contribution >= 0.6 is 0 Å². The first-order valence-electron chi connectivity index (χ1n) is 9.42. The fourth-order valence-corrected chi connectivity index (χ4v) is 4.87. The van der Waals surface area contributed by atoms with Crippen LogP contribution in [0.4, 0.5) is 0 Å². The number of benzene rings is 2. The maximum absolute atomic E-state index is 13.1. The monoisotopic (exact) mass is 421 g/mol. The van der Waals surface area contributed by atoms with E-state index in [1.807, 2.05) is 6.07 Å². The summed E-state index contributed by atoms with van der Waals surface area (Å²) in [5.74, 6) is 1.70. The summed E-state index contributed by atoms with van der Waals surface area (Å²) in [5, 5.41) is 0. The van der Waals surface area contributed by atoms with E-state index in [1.54, 1.807) is 18.2 Å². The molecule has 1 N–H and O–H groups in total. The highest BCUT2D eigenvalue weighted by Gasteiger charge is 2.24. The van der Waals surface area contributed by atoms with Gasteiger partial charge in [-0.25, -0.2) is 13.1 Å². The highest BCUT2D eigenvalue weighted by atomic mass is 32.2. The zero-order chi connectivity index (χ0) is 21.0. The maximum Gasteiger partial charge on any atom is 0.244 e. The summed E-state index contributed by atoms with van der Waals surface area (Å²) in [6.07, 6.45) is 4.00. The molecule has 2 aromatic rings. The molecule has 8 heteroatoms. The van der Waals surface area contributed by atoms with Gasteiger partial charge in [0.1, 0.15) is 10.6 Å². The fourth-order valence-electron chi connectivity index (χ4n) is 3.66. The van der Waals surface area contributed by atoms with Crippen molar-refractivity contribution in [3.63, 3.8) is 0 Å². The van der Waals surface area contributed by atoms with E-state index >= 15 is 0 Å². The quantitative estimate of drug-likeness (QED) is 0.705. The predicted molar refractivity (Wildman–Crippen MR) is 110 cm³/mol. The van der Waals surface area contributed by atoms with Crippen LogP contribution in [0.5, 0.6) is 23.0 Å². The average Bonchev–Trinajstić information content (AvgIpc) is 2.75. The lowest BCUT2D eigenvalue weighted by Gasteiger charge is -2.20. The van der Waals surface area contributed by atoms with Crippen molar-refractivity contribution in [2.75, 3.05) is 28.4 Å². The molecule has 0 amide bonds. The lowest BCUT2D eigenvalue weighted by atomic mass is 9.92. The van der Waals surface area contributed by atoms with Crippen molar-refractivity contribution in [3.8, 4) is 23.0 Å². The molecule has 29 heavy (non-hydrogen) atoms. The molecule has 0 aromatic heterocycles. The van der Waals surface area contributed by atoms with Crippen LogP contribution in [0.25, 0.3) is 0 Å². The van der Waals surface area contributed by atoms with E-state index in [1.165, 1.54) is 28.4 Å². The molecular weight excluding hydrogens is 394 g/mol. The van der Waals surface area contributed by atoms with Crippen LogP contribution in [0.15, 0.2) is 29.2 Å². The van der Waals surface area contributed by atoms with Gasteiger partial charge < -0.3 is 18.9 Å². The molecule has 0 atom stereocenters. The van der Waals surface area contributed by atoms with Crippen LogP contribution in [0.1, 0.15) is 29.5 Å². The van der Waals surface area contributed by atoms with Crippen molar-refractivity contribution in [2.45, 2.75) is 37.1 Å². The molecule has 7 nitrogen and oxygen atoms in total. The van der Waals surface area contributed by atoms with Gasteiger partial charge in [0.05, 0.1) is 28.4 Å². The lowest BCUT2D eigenvalue weighted by molar-refractivity contribution is 0.322. The molecule has 0 unspecified atom stereocenters. The standard InChI is InChI=1S/C21H27NO6S/c1-25-17-10-9-16(20(27-3)21(17)28-4)13-22-29(23,24)19-12-15-8-6-5-7-14(15)11-18(19)26-2/h9-12,22H,5-8,13H2,1-4H3. The zero-order valence-electron chi connectivity index (χ0n) is 17.2. The van der Waals surface area contributed by atoms with Crippen molar-refractivity contribution in [2.24, 2.45) is 0 Å². The van der Waals surface area contributed by atoms with E-state index < -0.39 is 10.0 Å². The molecule has 0 saturated heterocycles. The number of fused-ring (bicyclic) bond motifs is 1. The summed E-state index contributed by atoms with van der Waals surface area (Å²) in [6.45, 7) is 0.0338. The Kier molecular flexibility index (Phi) is 6.54. The Bertz CT molecular complexity index is 987. The van der Waals surface area contributed by atoms with E-state index in [2.05, 4.69) is 4.72 Å². The van der Waals surface area contributed by atoms with Gasteiger partial charge in [-0.2, -0.15) is 0 Å². The minimum Gasteiger partial charge on any atom is -0.495 e. The number of ether oxygens (including phenoxy) is 4. The Morgan fingerprint density at radius 1 is 0.828 bits per heavy atom. The summed E-state index contributed by atoms with van der Waals surface area (Å²) >= 11 is 0. The summed E-state index contributed by atoms with van der Waals surface area (Å²) in [4.78, 5) is 0.153. The minimum atomic E-state index is -3.80. The normalized spacial score (nSPS) is 13.5. The van der Waals surface area contributed by atoms with Crippen LogP contribution in [0.2, 0.25) is 0 Å². The first-order valence-corrected chi connectivity index (χ1v) is 10.9. The third-order valence-corrected chi connectivity index (χ3v) is 6.58. The van der Waals surface area contributed by atoms with Crippen LogP contribution in [-0.2, 0) is 29.4 Å². The van der Waals surface area contributed by atoms with E-state index in [-0.39, 0.29) is 11.4 Å². The molecule has 3 rings (SSSR count). The molecule has 2 aromatic carbocycles. The first-order chi connectivity index (χ1) is 13.9. The average molecular weight is 422 g/mol. The second-order valence-electron chi connectivity index (χ2n) is 6.80. The first kappa shape index (κ1) is 21.3. The van der Waals surface area contributed by atoms with Crippen molar-refractivity contribution >= 4 is 10.0 Å². The van der Waals surface area contributed by atoms with Crippen LogP contribution in [0, 0.1) is 0 Å². The minimum absolute atomic E-state index is 0.0338. The molecule has 0 fully saturated rings. The number of rotatable bonds is 8. The summed E-state index contributed by atoms with van der Waals surface area (Å²) in [6, 6.07) is 7.04. The molecule has 1 aliphatic rings. The molecule has 1 aliphatic carbocycles. The summed E-state index contributed by atoms with van der Waals surface area (Å²) in [7, 11) is 2.23. The Labute approximate surface area is 172 Å². The Hall–Kier alpha value is -2.45. The van der Waals surface area contributed by atoms with Crippen LogP contribution in [0.3, 0.4) is 0 Å². The predicted octanol–water partition coefficient (Wildman–Crippen LogP) is 3.08. The summed E-state index contributed by atoms with van der Waals surface area (Å²) in [5.41, 5.74) is 2.86. The topological polar surface area (TPSA) is 83.1 Å². The number of aryl methyl sites for hydroxylation is 2. The maximum atomic E-state index is 13.1. The number of hydrogen-bond acceptors (Lipinski definition) is 6. The van der Waals surface area contributed by atoms with E-state index in [9.17, 15) is 8.42 Å². The summed E-state index contributed by atoms with van der Waals surface area (Å²) < 4.78 is 50.2. The van der Waals surface area contributed by atoms with E-state index in [4.69, 9.17) is 18.9 Å². The molecule has 0 spiro atoms. The SMILES string of the molecule is COc1cc2c(cc1S(=O)(=O)NCc1ccc(OC)c(OC)c1OC)CCCC2. The number of hydrogen-bond donors (Lipinski definition) is 1.